The van der Waals surface area contributed by atoms with Crippen LogP contribution >= 0.6 is 15.9 Å². The van der Waals surface area contributed by atoms with Crippen LogP contribution in [-0.2, 0) is 42.1 Å². The van der Waals surface area contributed by atoms with Crippen LogP contribution in [0, 0.1) is 0 Å². The zero-order chi connectivity index (χ0) is 46.5. The number of fused-ring (bicyclic) bond motifs is 2. The fourth-order valence-electron chi connectivity index (χ4n) is 11.3. The summed E-state index contributed by atoms with van der Waals surface area (Å²) < 4.78 is 49.8. The number of carbonyl (C=O) groups excluding carboxylic acids is 2. The van der Waals surface area contributed by atoms with Crippen LogP contribution in [0.2, 0.25) is 10.1 Å². The Morgan fingerprint density at radius 2 is 1.12 bits per heavy atom. The van der Waals surface area contributed by atoms with Crippen LogP contribution in [0.5, 0.6) is 0 Å². The fourth-order valence-corrected chi connectivity index (χ4v) is 20.9. The first kappa shape index (κ1) is 49.3. The van der Waals surface area contributed by atoms with Gasteiger partial charge < -0.3 is 37.3 Å². The summed E-state index contributed by atoms with van der Waals surface area (Å²) in [5, 5.41) is 4.37. The molecule has 4 saturated heterocycles. The van der Waals surface area contributed by atoms with E-state index in [0.717, 1.165) is 19.1 Å². The van der Waals surface area contributed by atoms with Crippen LogP contribution in [0.15, 0.2) is 121 Å². The molecule has 0 radical (unpaired) electrons. The Labute approximate surface area is 403 Å². The van der Waals surface area contributed by atoms with Gasteiger partial charge in [-0.2, -0.15) is 0 Å². The lowest BCUT2D eigenvalue weighted by Gasteiger charge is -2.50. The summed E-state index contributed by atoms with van der Waals surface area (Å²) in [6.07, 6.45) is 0.810. The summed E-state index contributed by atoms with van der Waals surface area (Å²) in [5.41, 5.74) is 0. The molecule has 354 valence electrons. The van der Waals surface area contributed by atoms with E-state index in [2.05, 4.69) is 179 Å². The van der Waals surface area contributed by atoms with E-state index >= 15 is 0 Å². The summed E-state index contributed by atoms with van der Waals surface area (Å²) in [6, 6.07) is 42.9. The van der Waals surface area contributed by atoms with Crippen LogP contribution in [0.1, 0.15) is 86.5 Å². The SMILES string of the molecule is CC(C)(C)[Si](OC[C@H]1O[C@H]2CC[C@@H](O[C@H]3C[C@H]4OCCC[C@@H]4O[C@@H]3C(=O)CBr)[C@H](CC=O)O[C@@H]2C[C@@H]1O[Si](c1ccccc1)(c1ccccc1)C(C)(C)C)(c1ccccc1)c1ccccc1. The largest absolute Gasteiger partial charge is 0.405 e. The minimum Gasteiger partial charge on any atom is -0.405 e. The second-order valence-electron chi connectivity index (χ2n) is 20.6. The van der Waals surface area contributed by atoms with Gasteiger partial charge in [-0.3, -0.25) is 4.79 Å². The van der Waals surface area contributed by atoms with Gasteiger partial charge >= 0.3 is 0 Å². The average molecular weight is 998 g/mol. The van der Waals surface area contributed by atoms with E-state index in [4.69, 9.17) is 32.5 Å². The number of Topliss-reactive ketones (excluding diaryl/α,β-unsaturated/α-hetero) is 1. The highest BCUT2D eigenvalue weighted by molar-refractivity contribution is 9.09. The molecule has 0 aliphatic carbocycles. The molecule has 10 atom stereocenters. The quantitative estimate of drug-likeness (QED) is 0.0671. The molecule has 66 heavy (non-hydrogen) atoms. The molecule has 4 aromatic rings. The normalized spacial score (nSPS) is 28.7. The van der Waals surface area contributed by atoms with E-state index in [1.807, 2.05) is 0 Å². The summed E-state index contributed by atoms with van der Waals surface area (Å²) in [5.74, 6) is -0.0606. The number of carbonyl (C=O) groups is 2. The maximum atomic E-state index is 13.4. The Bertz CT molecular complexity index is 2090. The minimum atomic E-state index is -3.12. The van der Waals surface area contributed by atoms with Gasteiger partial charge in [-0.15, -0.1) is 0 Å². The third-order valence-electron chi connectivity index (χ3n) is 14.4. The number of hydrogen-bond donors (Lipinski definition) is 0. The van der Waals surface area contributed by atoms with Gasteiger partial charge in [0, 0.05) is 25.9 Å². The molecule has 0 bridgehead atoms. The number of ether oxygens (including phenoxy) is 5. The first-order valence-electron chi connectivity index (χ1n) is 24.1. The monoisotopic (exact) mass is 996 g/mol. The van der Waals surface area contributed by atoms with Crippen molar-refractivity contribution in [3.63, 3.8) is 0 Å². The first-order chi connectivity index (χ1) is 31.8. The molecule has 4 aromatic carbocycles. The van der Waals surface area contributed by atoms with Crippen molar-refractivity contribution in [3.05, 3.63) is 121 Å². The number of aldehydes is 1. The van der Waals surface area contributed by atoms with Crippen molar-refractivity contribution in [1.29, 1.82) is 0 Å². The highest BCUT2D eigenvalue weighted by Gasteiger charge is 2.56. The predicted octanol–water partition coefficient (Wildman–Crippen LogP) is 7.86. The van der Waals surface area contributed by atoms with Crippen molar-refractivity contribution < 1.29 is 42.1 Å². The van der Waals surface area contributed by atoms with Crippen molar-refractivity contribution in [3.8, 4) is 0 Å². The number of ketones is 1. The topological polar surface area (TPSA) is 98.8 Å². The van der Waals surface area contributed by atoms with E-state index in [-0.39, 0.29) is 45.9 Å². The molecule has 0 aromatic heterocycles. The van der Waals surface area contributed by atoms with E-state index in [1.54, 1.807) is 0 Å². The molecule has 9 nitrogen and oxygen atoms in total. The van der Waals surface area contributed by atoms with Crippen molar-refractivity contribution in [1.82, 2.24) is 0 Å². The maximum absolute atomic E-state index is 13.4. The Hall–Kier alpha value is -3.15. The van der Waals surface area contributed by atoms with Crippen LogP contribution in [-0.4, -0.2) is 108 Å². The maximum Gasteiger partial charge on any atom is 0.261 e. The van der Waals surface area contributed by atoms with Crippen LogP contribution in [0.25, 0.3) is 0 Å². The predicted molar refractivity (Wildman–Crippen MR) is 268 cm³/mol. The summed E-state index contributed by atoms with van der Waals surface area (Å²) in [7, 11) is -6.12. The average Bonchev–Trinajstić information content (AvgIpc) is 3.48. The third kappa shape index (κ3) is 10.1. The van der Waals surface area contributed by atoms with Gasteiger partial charge in [0.25, 0.3) is 16.6 Å². The lowest BCUT2D eigenvalue weighted by molar-refractivity contribution is -0.232. The van der Waals surface area contributed by atoms with Gasteiger partial charge in [0.15, 0.2) is 5.78 Å². The zero-order valence-electron chi connectivity index (χ0n) is 39.5. The molecule has 12 heteroatoms. The number of halogens is 1. The number of benzene rings is 4. The molecular formula is C54H69BrO9Si2. The highest BCUT2D eigenvalue weighted by Crippen LogP contribution is 2.43. The van der Waals surface area contributed by atoms with Gasteiger partial charge in [-0.05, 0) is 56.5 Å². The smallest absolute Gasteiger partial charge is 0.261 e. The second-order valence-corrected chi connectivity index (χ2v) is 29.7. The third-order valence-corrected chi connectivity index (χ3v) is 25.0. The Morgan fingerprint density at radius 3 is 1.64 bits per heavy atom. The van der Waals surface area contributed by atoms with E-state index in [9.17, 15) is 9.59 Å². The minimum absolute atomic E-state index is 0.0606. The zero-order valence-corrected chi connectivity index (χ0v) is 43.1. The van der Waals surface area contributed by atoms with Crippen LogP contribution in [0.4, 0.5) is 0 Å². The molecule has 0 unspecified atom stereocenters. The van der Waals surface area contributed by atoms with Gasteiger partial charge in [0.2, 0.25) is 0 Å². The van der Waals surface area contributed by atoms with E-state index in [0.29, 0.717) is 38.9 Å². The molecule has 0 saturated carbocycles. The van der Waals surface area contributed by atoms with Crippen molar-refractivity contribution in [2.45, 2.75) is 158 Å². The lowest BCUT2D eigenvalue weighted by atomic mass is 9.91. The lowest BCUT2D eigenvalue weighted by Crippen LogP contribution is -2.70. The second kappa shape index (κ2) is 21.2. The number of rotatable bonds is 15. The Kier molecular flexibility index (Phi) is 15.9. The van der Waals surface area contributed by atoms with Gasteiger partial charge in [-0.25, -0.2) is 0 Å². The van der Waals surface area contributed by atoms with E-state index < -0.39 is 59.4 Å². The molecule has 0 N–H and O–H groups in total. The number of alkyl halides is 1. The summed E-state index contributed by atoms with van der Waals surface area (Å²) in [6.45, 7) is 14.8. The van der Waals surface area contributed by atoms with Crippen molar-refractivity contribution in [2.24, 2.45) is 0 Å². The molecule has 4 aliphatic heterocycles. The molecular weight excluding hydrogens is 929 g/mol. The highest BCUT2D eigenvalue weighted by atomic mass is 79.9. The Balaban J connectivity index is 1.18. The van der Waals surface area contributed by atoms with Crippen molar-refractivity contribution >= 4 is 65.4 Å². The van der Waals surface area contributed by atoms with Crippen LogP contribution in [0.3, 0.4) is 0 Å². The number of hydrogen-bond acceptors (Lipinski definition) is 9. The molecule has 4 aliphatic rings. The Morgan fingerprint density at radius 1 is 0.621 bits per heavy atom. The van der Waals surface area contributed by atoms with E-state index in [1.165, 1.54) is 20.7 Å². The standard InChI is InChI=1S/C54H69BrO9Si2/c1-53(2,3)65(38-20-11-7-12-21-38,39-22-13-8-14-23-39)59-37-51-49(64-66(54(4,5)6,40-24-15-9-16-25-40)41-26-17-10-18-27-41)35-48-45(62-51)30-29-44(46(60-48)31-32-56)61-50-34-47-43(28-19-33-58-47)63-52(50)42(57)36-55/h7-18,20-27,32,43-52H,19,28-31,33-37H2,1-6H3/t43-,44+,45-,46-,47+,48+,49-,50-,51+,52+/m0/s1. The first-order valence-corrected chi connectivity index (χ1v) is 29.0. The van der Waals surface area contributed by atoms with Crippen molar-refractivity contribution in [2.75, 3.05) is 18.5 Å². The summed E-state index contributed by atoms with van der Waals surface area (Å²) in [4.78, 5) is 25.9. The molecule has 4 heterocycles. The molecule has 8 rings (SSSR count). The van der Waals surface area contributed by atoms with Gasteiger partial charge in [-0.1, -0.05) is 179 Å². The van der Waals surface area contributed by atoms with Gasteiger partial charge in [0.05, 0.1) is 60.8 Å². The van der Waals surface area contributed by atoms with Gasteiger partial charge in [0.1, 0.15) is 18.5 Å². The molecule has 0 spiro atoms. The molecule has 0 amide bonds. The fraction of sp³-hybridized carbons (Fsp3) is 0.519. The van der Waals surface area contributed by atoms with Crippen LogP contribution < -0.4 is 20.7 Å². The summed E-state index contributed by atoms with van der Waals surface area (Å²) >= 11 is 3.40. The molecule has 4 fully saturated rings.